The number of nitrogens with two attached hydrogens (primary N) is 1. The van der Waals surface area contributed by atoms with Crippen molar-refractivity contribution >= 4 is 17.6 Å². The number of carbonyl (C=O) groups excluding carboxylic acids is 1. The summed E-state index contributed by atoms with van der Waals surface area (Å²) in [6.07, 6.45) is 27.6. The van der Waals surface area contributed by atoms with Gasteiger partial charge in [0.05, 0.1) is 24.9 Å². The Morgan fingerprint density at radius 1 is 0.667 bits per heavy atom. The Bertz CT molecular complexity index is 1190. The molecule has 0 saturated heterocycles. The van der Waals surface area contributed by atoms with Crippen LogP contribution in [0.1, 0.15) is 153 Å². The van der Waals surface area contributed by atoms with E-state index in [9.17, 15) is 10.1 Å². The standard InChI is InChI=1S/C41H63N3O4/c1-3-5-7-9-11-13-15-17-19-21-29-46-39-28-23-35(32-40(39)47-30-22-20-18-16-14-12-10-8-6-4-2)31-37(33-42)36-24-26-38(27-25-36)48-34-41(45)44-43/h23-28,31-32H,3-22,29-30,34,43H2,1-2H3,(H,44,45). The highest BCUT2D eigenvalue weighted by Crippen LogP contribution is 2.31. The average Bonchev–Trinajstić information content (AvgIpc) is 3.11. The molecule has 0 aliphatic heterocycles. The van der Waals surface area contributed by atoms with Gasteiger partial charge >= 0.3 is 0 Å². The Morgan fingerprint density at radius 3 is 1.62 bits per heavy atom. The van der Waals surface area contributed by atoms with Crippen LogP contribution in [0.5, 0.6) is 17.2 Å². The fourth-order valence-corrected chi connectivity index (χ4v) is 5.66. The summed E-state index contributed by atoms with van der Waals surface area (Å²) < 4.78 is 17.9. The number of amides is 1. The zero-order valence-corrected chi connectivity index (χ0v) is 30.0. The van der Waals surface area contributed by atoms with Crippen molar-refractivity contribution in [2.24, 2.45) is 5.84 Å². The molecular formula is C41H63N3O4. The molecule has 0 saturated carbocycles. The Balaban J connectivity index is 1.94. The lowest BCUT2D eigenvalue weighted by atomic mass is 10.0. The predicted octanol–water partition coefficient (Wildman–Crippen LogP) is 10.7. The first-order valence-electron chi connectivity index (χ1n) is 18.8. The third-order valence-corrected chi connectivity index (χ3v) is 8.61. The first kappa shape index (κ1) is 40.7. The number of hydrazine groups is 1. The molecular weight excluding hydrogens is 598 g/mol. The van der Waals surface area contributed by atoms with E-state index in [1.165, 1.54) is 116 Å². The third kappa shape index (κ3) is 18.7. The van der Waals surface area contributed by atoms with Gasteiger partial charge in [-0.15, -0.1) is 0 Å². The fraction of sp³-hybridized carbons (Fsp3) is 0.610. The van der Waals surface area contributed by atoms with Crippen molar-refractivity contribution < 1.29 is 19.0 Å². The first-order chi connectivity index (χ1) is 23.6. The predicted molar refractivity (Wildman–Crippen MR) is 199 cm³/mol. The number of allylic oxidation sites excluding steroid dienone is 1. The number of ether oxygens (including phenoxy) is 3. The smallest absolute Gasteiger partial charge is 0.271 e. The number of hydrogen-bond donors (Lipinski definition) is 2. The molecule has 1 amide bonds. The van der Waals surface area contributed by atoms with Gasteiger partial charge in [0.25, 0.3) is 5.91 Å². The molecule has 2 rings (SSSR count). The average molecular weight is 662 g/mol. The van der Waals surface area contributed by atoms with Crippen LogP contribution in [-0.4, -0.2) is 25.7 Å². The maximum atomic E-state index is 11.4. The van der Waals surface area contributed by atoms with Crippen molar-refractivity contribution in [2.75, 3.05) is 19.8 Å². The van der Waals surface area contributed by atoms with Gasteiger partial charge in [-0.05, 0) is 66.4 Å². The maximum absolute atomic E-state index is 11.4. The van der Waals surface area contributed by atoms with Crippen molar-refractivity contribution in [1.82, 2.24) is 5.43 Å². The van der Waals surface area contributed by atoms with Gasteiger partial charge in [0, 0.05) is 0 Å². The number of hydrogen-bond acceptors (Lipinski definition) is 6. The van der Waals surface area contributed by atoms with E-state index in [1.54, 1.807) is 24.3 Å². The van der Waals surface area contributed by atoms with Gasteiger partial charge in [0.1, 0.15) is 5.75 Å². The van der Waals surface area contributed by atoms with E-state index in [2.05, 4.69) is 19.9 Å². The molecule has 2 aromatic rings. The van der Waals surface area contributed by atoms with Gasteiger partial charge in [-0.3, -0.25) is 10.2 Å². The second kappa shape index (κ2) is 27.5. The van der Waals surface area contributed by atoms with Crippen LogP contribution in [-0.2, 0) is 4.79 Å². The van der Waals surface area contributed by atoms with E-state index in [0.717, 1.165) is 35.5 Å². The quantitative estimate of drug-likeness (QED) is 0.0224. The molecule has 7 heteroatoms. The summed E-state index contributed by atoms with van der Waals surface area (Å²) in [5, 5.41) is 9.95. The SMILES string of the molecule is CCCCCCCCCCCCOc1ccc(C=C(C#N)c2ccc(OCC(=O)NN)cc2)cc1OCCCCCCCCCCCC. The number of nitriles is 1. The molecule has 0 aliphatic carbocycles. The van der Waals surface area contributed by atoms with Crippen LogP contribution in [0.3, 0.4) is 0 Å². The number of carbonyl (C=O) groups is 1. The summed E-state index contributed by atoms with van der Waals surface area (Å²) in [7, 11) is 0. The monoisotopic (exact) mass is 661 g/mol. The molecule has 0 aromatic heterocycles. The highest BCUT2D eigenvalue weighted by molar-refractivity contribution is 5.90. The molecule has 0 radical (unpaired) electrons. The van der Waals surface area contributed by atoms with Gasteiger partial charge in [-0.2, -0.15) is 5.26 Å². The molecule has 0 heterocycles. The molecule has 7 nitrogen and oxygen atoms in total. The van der Waals surface area contributed by atoms with Gasteiger partial charge in [-0.25, -0.2) is 5.84 Å². The summed E-state index contributed by atoms with van der Waals surface area (Å²) in [6.45, 7) is 5.67. The van der Waals surface area contributed by atoms with Gasteiger partial charge in [0.15, 0.2) is 18.1 Å². The molecule has 266 valence electrons. The normalized spacial score (nSPS) is 11.2. The van der Waals surface area contributed by atoms with Crippen molar-refractivity contribution in [3.05, 3.63) is 53.6 Å². The summed E-state index contributed by atoms with van der Waals surface area (Å²) in [4.78, 5) is 11.4. The van der Waals surface area contributed by atoms with Crippen LogP contribution in [0.4, 0.5) is 0 Å². The number of rotatable bonds is 29. The highest BCUT2D eigenvalue weighted by Gasteiger charge is 2.09. The zero-order chi connectivity index (χ0) is 34.5. The lowest BCUT2D eigenvalue weighted by Gasteiger charge is -2.14. The second-order valence-electron chi connectivity index (χ2n) is 12.8. The number of unbranched alkanes of at least 4 members (excludes halogenated alkanes) is 18. The summed E-state index contributed by atoms with van der Waals surface area (Å²) >= 11 is 0. The minimum atomic E-state index is -0.418. The van der Waals surface area contributed by atoms with Crippen molar-refractivity contribution in [3.63, 3.8) is 0 Å². The van der Waals surface area contributed by atoms with Crippen LogP contribution in [0, 0.1) is 11.3 Å². The van der Waals surface area contributed by atoms with E-state index >= 15 is 0 Å². The first-order valence-corrected chi connectivity index (χ1v) is 18.8. The molecule has 0 bridgehead atoms. The Morgan fingerprint density at radius 2 is 1.15 bits per heavy atom. The molecule has 48 heavy (non-hydrogen) atoms. The summed E-state index contributed by atoms with van der Waals surface area (Å²) in [5.74, 6) is 6.70. The Kier molecular flexibility index (Phi) is 23.3. The van der Waals surface area contributed by atoms with Crippen molar-refractivity contribution in [2.45, 2.75) is 142 Å². The topological polar surface area (TPSA) is 107 Å². The highest BCUT2D eigenvalue weighted by atomic mass is 16.5. The van der Waals surface area contributed by atoms with E-state index < -0.39 is 5.91 Å². The number of nitrogens with one attached hydrogen (secondary N) is 1. The van der Waals surface area contributed by atoms with Gasteiger partial charge in [-0.1, -0.05) is 135 Å². The molecule has 0 atom stereocenters. The fourth-order valence-electron chi connectivity index (χ4n) is 5.66. The lowest BCUT2D eigenvalue weighted by molar-refractivity contribution is -0.123. The van der Waals surface area contributed by atoms with E-state index in [0.29, 0.717) is 24.5 Å². The van der Waals surface area contributed by atoms with Crippen LogP contribution in [0.25, 0.3) is 11.6 Å². The van der Waals surface area contributed by atoms with E-state index in [1.807, 2.05) is 29.7 Å². The third-order valence-electron chi connectivity index (χ3n) is 8.61. The van der Waals surface area contributed by atoms with Crippen LogP contribution >= 0.6 is 0 Å². The molecule has 2 aromatic carbocycles. The van der Waals surface area contributed by atoms with E-state index in [4.69, 9.17) is 20.1 Å². The number of nitrogens with zero attached hydrogens (tertiary/aromatic N) is 1. The largest absolute Gasteiger partial charge is 0.490 e. The Labute approximate surface area is 291 Å². The molecule has 0 spiro atoms. The maximum Gasteiger partial charge on any atom is 0.271 e. The number of benzene rings is 2. The summed E-state index contributed by atoms with van der Waals surface area (Å²) in [6, 6.07) is 15.3. The van der Waals surface area contributed by atoms with Gasteiger partial charge < -0.3 is 14.2 Å². The van der Waals surface area contributed by atoms with Crippen molar-refractivity contribution in [3.8, 4) is 23.3 Å². The zero-order valence-electron chi connectivity index (χ0n) is 30.0. The van der Waals surface area contributed by atoms with Crippen LogP contribution in [0.2, 0.25) is 0 Å². The molecule has 0 fully saturated rings. The van der Waals surface area contributed by atoms with Crippen LogP contribution < -0.4 is 25.5 Å². The Hall–Kier alpha value is -3.50. The molecule has 0 aliphatic rings. The lowest BCUT2D eigenvalue weighted by Crippen LogP contribution is -2.34. The minimum absolute atomic E-state index is 0.174. The molecule has 0 unspecified atom stereocenters. The second-order valence-corrected chi connectivity index (χ2v) is 12.8. The minimum Gasteiger partial charge on any atom is -0.490 e. The molecule has 3 N–H and O–H groups in total. The van der Waals surface area contributed by atoms with Crippen molar-refractivity contribution in [1.29, 1.82) is 5.26 Å². The summed E-state index contributed by atoms with van der Waals surface area (Å²) in [5.41, 5.74) is 4.18. The van der Waals surface area contributed by atoms with Gasteiger partial charge in [0.2, 0.25) is 0 Å². The van der Waals surface area contributed by atoms with Crippen LogP contribution in [0.15, 0.2) is 42.5 Å². The van der Waals surface area contributed by atoms with E-state index in [-0.39, 0.29) is 6.61 Å².